The van der Waals surface area contributed by atoms with Gasteiger partial charge in [-0.3, -0.25) is 4.90 Å². The summed E-state index contributed by atoms with van der Waals surface area (Å²) in [5.41, 5.74) is 0.994. The molecule has 0 atom stereocenters. The maximum absolute atomic E-state index is 10.4. The number of ether oxygens (including phenoxy) is 2. The number of carboxylic acid groups (broad SMARTS) is 1. The third-order valence-corrected chi connectivity index (χ3v) is 2.61. The average Bonchev–Trinajstić information content (AvgIpc) is 2.38. The molecule has 0 saturated carbocycles. The maximum atomic E-state index is 10.4. The Morgan fingerprint density at radius 2 is 2.11 bits per heavy atom. The number of aliphatic carboxylic acids is 1. The fourth-order valence-electron chi connectivity index (χ4n) is 1.69. The largest absolute Gasteiger partial charge is 0.497 e. The highest BCUT2D eigenvalue weighted by Gasteiger charge is 2.07. The minimum Gasteiger partial charge on any atom is -0.497 e. The Balaban J connectivity index is 2.71. The zero-order chi connectivity index (χ0) is 14.3. The minimum atomic E-state index is -0.938. The molecule has 0 spiro atoms. The topological polar surface area (TPSA) is 59.0 Å². The predicted octanol–water partition coefficient (Wildman–Crippen LogP) is 1.78. The number of likely N-dealkylation sites (N-methyl/N-ethyl adjacent to an activating group) is 1. The molecule has 0 bridgehead atoms. The van der Waals surface area contributed by atoms with Crippen molar-refractivity contribution in [2.45, 2.75) is 6.54 Å². The van der Waals surface area contributed by atoms with Gasteiger partial charge in [0.1, 0.15) is 11.5 Å². The second-order valence-corrected chi connectivity index (χ2v) is 4.12. The summed E-state index contributed by atoms with van der Waals surface area (Å²) in [5.74, 6) is 0.618. The maximum Gasteiger partial charge on any atom is 0.328 e. The van der Waals surface area contributed by atoms with Crippen LogP contribution in [0, 0.1) is 0 Å². The molecule has 0 radical (unpaired) electrons. The number of rotatable bonds is 7. The second kappa shape index (κ2) is 7.43. The lowest BCUT2D eigenvalue weighted by Gasteiger charge is -2.17. The van der Waals surface area contributed by atoms with E-state index in [9.17, 15) is 4.79 Å². The molecule has 104 valence electrons. The van der Waals surface area contributed by atoms with Gasteiger partial charge in [-0.25, -0.2) is 4.79 Å². The van der Waals surface area contributed by atoms with Gasteiger partial charge in [0.2, 0.25) is 0 Å². The Morgan fingerprint density at radius 1 is 1.37 bits per heavy atom. The lowest BCUT2D eigenvalue weighted by Crippen LogP contribution is -2.18. The smallest absolute Gasteiger partial charge is 0.328 e. The molecule has 0 unspecified atom stereocenters. The van der Waals surface area contributed by atoms with Crippen LogP contribution in [0.25, 0.3) is 0 Å². The van der Waals surface area contributed by atoms with Crippen LogP contribution in [0.5, 0.6) is 11.5 Å². The van der Waals surface area contributed by atoms with Crippen LogP contribution in [0.4, 0.5) is 0 Å². The number of nitrogens with zero attached hydrogens (tertiary/aromatic N) is 1. The van der Waals surface area contributed by atoms with E-state index in [2.05, 4.69) is 0 Å². The van der Waals surface area contributed by atoms with Gasteiger partial charge in [-0.1, -0.05) is 6.08 Å². The van der Waals surface area contributed by atoms with Crippen molar-refractivity contribution < 1.29 is 19.4 Å². The zero-order valence-electron chi connectivity index (χ0n) is 11.4. The number of benzene rings is 1. The van der Waals surface area contributed by atoms with Crippen LogP contribution >= 0.6 is 0 Å². The molecular formula is C14H19NO4. The van der Waals surface area contributed by atoms with E-state index >= 15 is 0 Å². The molecule has 1 aromatic rings. The van der Waals surface area contributed by atoms with Crippen molar-refractivity contribution in [2.24, 2.45) is 0 Å². The molecule has 0 aliphatic rings. The Labute approximate surface area is 113 Å². The van der Waals surface area contributed by atoms with E-state index in [-0.39, 0.29) is 0 Å². The van der Waals surface area contributed by atoms with Gasteiger partial charge < -0.3 is 14.6 Å². The van der Waals surface area contributed by atoms with E-state index in [1.165, 1.54) is 0 Å². The zero-order valence-corrected chi connectivity index (χ0v) is 11.4. The van der Waals surface area contributed by atoms with Gasteiger partial charge in [0, 0.05) is 24.7 Å². The summed E-state index contributed by atoms with van der Waals surface area (Å²) in [6, 6.07) is 5.61. The molecule has 0 saturated heterocycles. The summed E-state index contributed by atoms with van der Waals surface area (Å²) >= 11 is 0. The Kier molecular flexibility index (Phi) is 5.89. The van der Waals surface area contributed by atoms with Crippen LogP contribution in [0.1, 0.15) is 5.56 Å². The minimum absolute atomic E-state index is 0.548. The third-order valence-electron chi connectivity index (χ3n) is 2.61. The van der Waals surface area contributed by atoms with E-state index in [1.54, 1.807) is 20.3 Å². The first-order valence-corrected chi connectivity index (χ1v) is 5.85. The van der Waals surface area contributed by atoms with Gasteiger partial charge in [-0.05, 0) is 25.2 Å². The third kappa shape index (κ3) is 5.01. The summed E-state index contributed by atoms with van der Waals surface area (Å²) in [6.07, 6.45) is 2.74. The first-order valence-electron chi connectivity index (χ1n) is 5.85. The van der Waals surface area contributed by atoms with Crippen LogP contribution in [-0.2, 0) is 11.3 Å². The van der Waals surface area contributed by atoms with Crippen LogP contribution in [0.2, 0.25) is 0 Å². The van der Waals surface area contributed by atoms with E-state index in [4.69, 9.17) is 14.6 Å². The Hall–Kier alpha value is -2.01. The molecule has 0 aliphatic carbocycles. The van der Waals surface area contributed by atoms with Crippen molar-refractivity contribution in [2.75, 3.05) is 27.8 Å². The molecule has 0 amide bonds. The van der Waals surface area contributed by atoms with Crippen molar-refractivity contribution >= 4 is 5.97 Å². The molecule has 1 rings (SSSR count). The standard InChI is InChI=1S/C14H19NO4/c1-15(8-4-5-14(16)17)10-11-9-12(18-2)6-7-13(11)19-3/h4-7,9H,8,10H2,1-3H3,(H,16,17)/b5-4+. The summed E-state index contributed by atoms with van der Waals surface area (Å²) < 4.78 is 10.5. The molecule has 0 fully saturated rings. The van der Waals surface area contributed by atoms with Gasteiger partial charge >= 0.3 is 5.97 Å². The van der Waals surface area contributed by atoms with Crippen molar-refractivity contribution in [3.63, 3.8) is 0 Å². The summed E-state index contributed by atoms with van der Waals surface area (Å²) in [7, 11) is 5.14. The van der Waals surface area contributed by atoms with Crippen molar-refractivity contribution in [3.05, 3.63) is 35.9 Å². The van der Waals surface area contributed by atoms with E-state index in [0.717, 1.165) is 23.1 Å². The number of carbonyl (C=O) groups is 1. The number of hydrogen-bond donors (Lipinski definition) is 1. The fraction of sp³-hybridized carbons (Fsp3) is 0.357. The van der Waals surface area contributed by atoms with Crippen LogP contribution < -0.4 is 9.47 Å². The lowest BCUT2D eigenvalue weighted by molar-refractivity contribution is -0.131. The van der Waals surface area contributed by atoms with Gasteiger partial charge in [0.15, 0.2) is 0 Å². The quantitative estimate of drug-likeness (QED) is 0.761. The normalized spacial score (nSPS) is 10.9. The van der Waals surface area contributed by atoms with Crippen molar-refractivity contribution in [3.8, 4) is 11.5 Å². The lowest BCUT2D eigenvalue weighted by atomic mass is 10.1. The second-order valence-electron chi connectivity index (χ2n) is 4.12. The van der Waals surface area contributed by atoms with Crippen LogP contribution in [0.15, 0.2) is 30.4 Å². The van der Waals surface area contributed by atoms with Gasteiger partial charge in [0.25, 0.3) is 0 Å². The highest BCUT2D eigenvalue weighted by molar-refractivity contribution is 5.79. The summed E-state index contributed by atoms with van der Waals surface area (Å²) in [6.45, 7) is 1.19. The Bertz CT molecular complexity index is 457. The highest BCUT2D eigenvalue weighted by Crippen LogP contribution is 2.24. The van der Waals surface area contributed by atoms with Gasteiger partial charge in [0.05, 0.1) is 14.2 Å². The number of carboxylic acids is 1. The summed E-state index contributed by atoms with van der Waals surface area (Å²) in [5, 5.41) is 8.52. The van der Waals surface area contributed by atoms with Crippen molar-refractivity contribution in [1.29, 1.82) is 0 Å². The first kappa shape index (κ1) is 15.0. The average molecular weight is 265 g/mol. The SMILES string of the molecule is COc1ccc(OC)c(CN(C)C/C=C/C(=O)O)c1. The van der Waals surface area contributed by atoms with E-state index in [1.807, 2.05) is 30.1 Å². The Morgan fingerprint density at radius 3 is 2.68 bits per heavy atom. The molecular weight excluding hydrogens is 246 g/mol. The molecule has 5 heteroatoms. The number of methoxy groups -OCH3 is 2. The van der Waals surface area contributed by atoms with E-state index in [0.29, 0.717) is 13.1 Å². The fourth-order valence-corrected chi connectivity index (χ4v) is 1.69. The molecule has 1 N–H and O–H groups in total. The van der Waals surface area contributed by atoms with Crippen LogP contribution in [0.3, 0.4) is 0 Å². The van der Waals surface area contributed by atoms with Crippen molar-refractivity contribution in [1.82, 2.24) is 4.90 Å². The van der Waals surface area contributed by atoms with Gasteiger partial charge in [-0.2, -0.15) is 0 Å². The molecule has 0 aromatic heterocycles. The highest BCUT2D eigenvalue weighted by atomic mass is 16.5. The molecule has 5 nitrogen and oxygen atoms in total. The summed E-state index contributed by atoms with van der Waals surface area (Å²) in [4.78, 5) is 12.4. The first-order chi connectivity index (χ1) is 9.06. The molecule has 0 heterocycles. The molecule has 0 aliphatic heterocycles. The van der Waals surface area contributed by atoms with Gasteiger partial charge in [-0.15, -0.1) is 0 Å². The number of hydrogen-bond acceptors (Lipinski definition) is 4. The van der Waals surface area contributed by atoms with Crippen LogP contribution in [-0.4, -0.2) is 43.8 Å². The molecule has 1 aromatic carbocycles. The monoisotopic (exact) mass is 265 g/mol. The molecule has 19 heavy (non-hydrogen) atoms. The predicted molar refractivity (Wildman–Crippen MR) is 72.7 cm³/mol. The van der Waals surface area contributed by atoms with E-state index < -0.39 is 5.97 Å².